The Balaban J connectivity index is 2.15. The molecule has 5 heteroatoms. The zero-order valence-electron chi connectivity index (χ0n) is 11.8. The van der Waals surface area contributed by atoms with Gasteiger partial charge in [-0.3, -0.25) is 4.79 Å². The molecule has 0 bridgehead atoms. The van der Waals surface area contributed by atoms with Gasteiger partial charge in [-0.2, -0.15) is 0 Å². The Bertz CT molecular complexity index is 406. The maximum atomic E-state index is 11.4. The van der Waals surface area contributed by atoms with Crippen molar-refractivity contribution in [2.75, 3.05) is 24.1 Å². The number of rotatable bonds is 8. The number of pyridine rings is 1. The van der Waals surface area contributed by atoms with Gasteiger partial charge in [0.2, 0.25) is 5.91 Å². The van der Waals surface area contributed by atoms with E-state index in [1.54, 1.807) is 6.20 Å². The van der Waals surface area contributed by atoms with E-state index in [0.29, 0.717) is 24.5 Å². The Kier molecular flexibility index (Phi) is 6.71. The Labute approximate surface area is 115 Å². The Morgan fingerprint density at radius 3 is 2.84 bits per heavy atom. The predicted molar refractivity (Wildman–Crippen MR) is 79.0 cm³/mol. The maximum Gasteiger partial charge on any atom is 0.219 e. The summed E-state index contributed by atoms with van der Waals surface area (Å²) in [7, 11) is 0. The van der Waals surface area contributed by atoms with Crippen LogP contribution in [-0.4, -0.2) is 24.0 Å². The highest BCUT2D eigenvalue weighted by Crippen LogP contribution is 2.15. The fourth-order valence-electron chi connectivity index (χ4n) is 1.69. The molecule has 0 spiro atoms. The smallest absolute Gasteiger partial charge is 0.219 e. The van der Waals surface area contributed by atoms with Crippen molar-refractivity contribution < 1.29 is 4.79 Å². The average molecular weight is 264 g/mol. The summed E-state index contributed by atoms with van der Waals surface area (Å²) >= 11 is 0. The number of hydrogen-bond acceptors (Lipinski definition) is 4. The van der Waals surface area contributed by atoms with E-state index in [1.807, 2.05) is 13.0 Å². The molecule has 1 rings (SSSR count). The summed E-state index contributed by atoms with van der Waals surface area (Å²) < 4.78 is 0. The van der Waals surface area contributed by atoms with Crippen LogP contribution in [0, 0.1) is 6.92 Å². The molecule has 0 saturated carbocycles. The molecule has 19 heavy (non-hydrogen) atoms. The SMILES string of the molecule is CCCCC(=O)NCCCNc1ncc(C)cc1N. The summed E-state index contributed by atoms with van der Waals surface area (Å²) in [6, 6.07) is 1.89. The topological polar surface area (TPSA) is 80.0 Å². The molecule has 4 N–H and O–H groups in total. The molecule has 1 aromatic rings. The first-order valence-electron chi connectivity index (χ1n) is 6.86. The number of nitrogen functional groups attached to an aromatic ring is 1. The van der Waals surface area contributed by atoms with Crippen LogP contribution in [0.2, 0.25) is 0 Å². The van der Waals surface area contributed by atoms with Crippen molar-refractivity contribution in [1.29, 1.82) is 0 Å². The highest BCUT2D eigenvalue weighted by Gasteiger charge is 2.01. The van der Waals surface area contributed by atoms with E-state index in [9.17, 15) is 4.79 Å². The van der Waals surface area contributed by atoms with Gasteiger partial charge in [0, 0.05) is 25.7 Å². The lowest BCUT2D eigenvalue weighted by Crippen LogP contribution is -2.25. The van der Waals surface area contributed by atoms with Crippen molar-refractivity contribution in [3.63, 3.8) is 0 Å². The summed E-state index contributed by atoms with van der Waals surface area (Å²) in [6.07, 6.45) is 5.26. The van der Waals surface area contributed by atoms with E-state index < -0.39 is 0 Å². The van der Waals surface area contributed by atoms with Crippen LogP contribution in [0.5, 0.6) is 0 Å². The number of nitrogens with one attached hydrogen (secondary N) is 2. The van der Waals surface area contributed by atoms with Gasteiger partial charge in [-0.1, -0.05) is 13.3 Å². The molecular formula is C14H24N4O. The molecule has 1 amide bonds. The van der Waals surface area contributed by atoms with Crippen molar-refractivity contribution in [3.8, 4) is 0 Å². The fourth-order valence-corrected chi connectivity index (χ4v) is 1.69. The summed E-state index contributed by atoms with van der Waals surface area (Å²) in [5.74, 6) is 0.845. The summed E-state index contributed by atoms with van der Waals surface area (Å²) in [5.41, 5.74) is 7.55. The number of nitrogens with zero attached hydrogens (tertiary/aromatic N) is 1. The molecule has 0 unspecified atom stereocenters. The third kappa shape index (κ3) is 6.08. The molecule has 1 heterocycles. The van der Waals surface area contributed by atoms with Crippen LogP contribution in [0.3, 0.4) is 0 Å². The molecule has 0 aromatic carbocycles. The second-order valence-electron chi connectivity index (χ2n) is 4.68. The summed E-state index contributed by atoms with van der Waals surface area (Å²) in [5, 5.41) is 6.07. The van der Waals surface area contributed by atoms with Gasteiger partial charge in [-0.15, -0.1) is 0 Å². The lowest BCUT2D eigenvalue weighted by atomic mass is 10.2. The first-order chi connectivity index (χ1) is 9.13. The number of nitrogens with two attached hydrogens (primary N) is 1. The van der Waals surface area contributed by atoms with Crippen LogP contribution >= 0.6 is 0 Å². The van der Waals surface area contributed by atoms with Crippen LogP contribution in [0.15, 0.2) is 12.3 Å². The Morgan fingerprint density at radius 1 is 1.37 bits per heavy atom. The number of carbonyl (C=O) groups excluding carboxylic acids is 1. The van der Waals surface area contributed by atoms with Crippen LogP contribution in [-0.2, 0) is 4.79 Å². The number of aromatic nitrogens is 1. The first-order valence-corrected chi connectivity index (χ1v) is 6.86. The molecule has 5 nitrogen and oxygen atoms in total. The quantitative estimate of drug-likeness (QED) is 0.628. The second-order valence-corrected chi connectivity index (χ2v) is 4.68. The van der Waals surface area contributed by atoms with E-state index >= 15 is 0 Å². The van der Waals surface area contributed by atoms with Gasteiger partial charge in [-0.05, 0) is 31.4 Å². The predicted octanol–water partition coefficient (Wildman–Crippen LogP) is 2.08. The monoisotopic (exact) mass is 264 g/mol. The van der Waals surface area contributed by atoms with Gasteiger partial charge in [-0.25, -0.2) is 4.98 Å². The molecule has 0 aliphatic heterocycles. The number of anilines is 2. The van der Waals surface area contributed by atoms with E-state index in [2.05, 4.69) is 22.5 Å². The molecule has 0 aliphatic carbocycles. The van der Waals surface area contributed by atoms with Gasteiger partial charge in [0.05, 0.1) is 5.69 Å². The molecule has 106 valence electrons. The van der Waals surface area contributed by atoms with Crippen molar-refractivity contribution in [1.82, 2.24) is 10.3 Å². The van der Waals surface area contributed by atoms with E-state index in [0.717, 1.165) is 31.4 Å². The molecule has 1 aromatic heterocycles. The van der Waals surface area contributed by atoms with E-state index in [-0.39, 0.29) is 5.91 Å². The molecule has 0 saturated heterocycles. The largest absolute Gasteiger partial charge is 0.396 e. The number of carbonyl (C=O) groups is 1. The average Bonchev–Trinajstić information content (AvgIpc) is 2.38. The molecule has 0 radical (unpaired) electrons. The highest BCUT2D eigenvalue weighted by atomic mass is 16.1. The van der Waals surface area contributed by atoms with Gasteiger partial charge in [0.25, 0.3) is 0 Å². The summed E-state index contributed by atoms with van der Waals surface area (Å²) in [6.45, 7) is 5.46. The Hall–Kier alpha value is -1.78. The summed E-state index contributed by atoms with van der Waals surface area (Å²) in [4.78, 5) is 15.6. The number of aryl methyl sites for hydroxylation is 1. The third-order valence-electron chi connectivity index (χ3n) is 2.78. The third-order valence-corrected chi connectivity index (χ3v) is 2.78. The van der Waals surface area contributed by atoms with Crippen LogP contribution in [0.25, 0.3) is 0 Å². The van der Waals surface area contributed by atoms with Gasteiger partial charge in [0.15, 0.2) is 0 Å². The minimum absolute atomic E-state index is 0.134. The lowest BCUT2D eigenvalue weighted by molar-refractivity contribution is -0.121. The Morgan fingerprint density at radius 2 is 2.16 bits per heavy atom. The minimum Gasteiger partial charge on any atom is -0.396 e. The van der Waals surface area contributed by atoms with Crippen molar-refractivity contribution in [3.05, 3.63) is 17.8 Å². The van der Waals surface area contributed by atoms with Crippen LogP contribution < -0.4 is 16.4 Å². The van der Waals surface area contributed by atoms with E-state index in [1.165, 1.54) is 0 Å². The van der Waals surface area contributed by atoms with Gasteiger partial charge >= 0.3 is 0 Å². The molecular weight excluding hydrogens is 240 g/mol. The lowest BCUT2D eigenvalue weighted by Gasteiger charge is -2.09. The normalized spacial score (nSPS) is 10.2. The fraction of sp³-hybridized carbons (Fsp3) is 0.571. The van der Waals surface area contributed by atoms with E-state index in [4.69, 9.17) is 5.73 Å². The zero-order valence-corrected chi connectivity index (χ0v) is 11.8. The molecule has 0 aliphatic rings. The minimum atomic E-state index is 0.134. The van der Waals surface area contributed by atoms with Crippen molar-refractivity contribution in [2.24, 2.45) is 0 Å². The standard InChI is InChI=1S/C14H24N4O/c1-3-4-6-13(19)16-7-5-8-17-14-12(15)9-11(2)10-18-14/h9-10H,3-8,15H2,1-2H3,(H,16,19)(H,17,18). The van der Waals surface area contributed by atoms with Crippen LogP contribution in [0.1, 0.15) is 38.2 Å². The first kappa shape index (κ1) is 15.3. The molecule has 0 fully saturated rings. The second kappa shape index (κ2) is 8.34. The number of hydrogen-bond donors (Lipinski definition) is 3. The zero-order chi connectivity index (χ0) is 14.1. The number of amides is 1. The van der Waals surface area contributed by atoms with Crippen molar-refractivity contribution in [2.45, 2.75) is 39.5 Å². The molecule has 0 atom stereocenters. The van der Waals surface area contributed by atoms with Gasteiger partial charge < -0.3 is 16.4 Å². The highest BCUT2D eigenvalue weighted by molar-refractivity contribution is 5.75. The maximum absolute atomic E-state index is 11.4. The van der Waals surface area contributed by atoms with Gasteiger partial charge in [0.1, 0.15) is 5.82 Å². The van der Waals surface area contributed by atoms with Crippen molar-refractivity contribution >= 4 is 17.4 Å². The van der Waals surface area contributed by atoms with Crippen LogP contribution in [0.4, 0.5) is 11.5 Å². The number of unbranched alkanes of at least 4 members (excludes halogenated alkanes) is 1.